The molecule has 0 aromatic carbocycles. The molecule has 0 amide bonds. The summed E-state index contributed by atoms with van der Waals surface area (Å²) < 4.78 is 2.27. The molecule has 1 atom stereocenters. The summed E-state index contributed by atoms with van der Waals surface area (Å²) in [6.07, 6.45) is 6.99. The number of imidazole rings is 1. The molecule has 0 fully saturated rings. The number of nitrogens with zero attached hydrogens (tertiary/aromatic N) is 2. The molecule has 1 heterocycles. The van der Waals surface area contributed by atoms with Gasteiger partial charge in [-0.05, 0) is 26.7 Å². The lowest BCUT2D eigenvalue weighted by molar-refractivity contribution is 0.504. The number of rotatable bonds is 7. The van der Waals surface area contributed by atoms with Crippen molar-refractivity contribution in [2.45, 2.75) is 59.4 Å². The SMILES string of the molecule is CCCCNc1nc(C)cn1C(C)CCC. The predicted molar refractivity (Wildman–Crippen MR) is 70.0 cm³/mol. The quantitative estimate of drug-likeness (QED) is 0.713. The van der Waals surface area contributed by atoms with Crippen molar-refractivity contribution >= 4 is 5.95 Å². The fourth-order valence-electron chi connectivity index (χ4n) is 1.92. The first-order valence-electron chi connectivity index (χ1n) is 6.48. The number of hydrogen-bond donors (Lipinski definition) is 1. The van der Waals surface area contributed by atoms with Crippen LogP contribution in [0.25, 0.3) is 0 Å². The van der Waals surface area contributed by atoms with Crippen molar-refractivity contribution in [1.29, 1.82) is 0 Å². The minimum atomic E-state index is 0.537. The van der Waals surface area contributed by atoms with Gasteiger partial charge in [0.25, 0.3) is 0 Å². The molecule has 1 aromatic heterocycles. The lowest BCUT2D eigenvalue weighted by Gasteiger charge is -2.16. The summed E-state index contributed by atoms with van der Waals surface area (Å²) in [7, 11) is 0. The Labute approximate surface area is 99.3 Å². The Morgan fingerprint density at radius 3 is 2.75 bits per heavy atom. The van der Waals surface area contributed by atoms with E-state index in [-0.39, 0.29) is 0 Å². The maximum atomic E-state index is 4.54. The normalized spacial score (nSPS) is 12.8. The first-order valence-corrected chi connectivity index (χ1v) is 6.48. The van der Waals surface area contributed by atoms with E-state index in [2.05, 4.69) is 48.8 Å². The number of nitrogens with one attached hydrogen (secondary N) is 1. The Balaban J connectivity index is 2.66. The molecule has 3 heteroatoms. The molecule has 0 saturated heterocycles. The van der Waals surface area contributed by atoms with Crippen molar-refractivity contribution in [1.82, 2.24) is 9.55 Å². The molecule has 1 aromatic rings. The predicted octanol–water partition coefficient (Wildman–Crippen LogP) is 3.76. The largest absolute Gasteiger partial charge is 0.356 e. The fourth-order valence-corrected chi connectivity index (χ4v) is 1.92. The first-order chi connectivity index (χ1) is 7.69. The van der Waals surface area contributed by atoms with E-state index >= 15 is 0 Å². The van der Waals surface area contributed by atoms with E-state index in [1.807, 2.05) is 0 Å². The molecule has 0 aliphatic carbocycles. The lowest BCUT2D eigenvalue weighted by Crippen LogP contribution is -2.11. The van der Waals surface area contributed by atoms with Gasteiger partial charge in [-0.15, -0.1) is 0 Å². The number of anilines is 1. The van der Waals surface area contributed by atoms with Crippen LogP contribution in [0.5, 0.6) is 0 Å². The molecular formula is C13H25N3. The summed E-state index contributed by atoms with van der Waals surface area (Å²) in [5, 5.41) is 3.43. The fraction of sp³-hybridized carbons (Fsp3) is 0.769. The Kier molecular flexibility index (Phi) is 5.36. The molecule has 3 nitrogen and oxygen atoms in total. The van der Waals surface area contributed by atoms with E-state index in [0.29, 0.717) is 6.04 Å². The van der Waals surface area contributed by atoms with Gasteiger partial charge in [0.1, 0.15) is 0 Å². The van der Waals surface area contributed by atoms with E-state index in [1.165, 1.54) is 25.7 Å². The molecule has 0 aliphatic rings. The van der Waals surface area contributed by atoms with Crippen molar-refractivity contribution in [3.05, 3.63) is 11.9 Å². The third-order valence-corrected chi connectivity index (χ3v) is 2.85. The van der Waals surface area contributed by atoms with Crippen molar-refractivity contribution in [2.75, 3.05) is 11.9 Å². The summed E-state index contributed by atoms with van der Waals surface area (Å²) in [6, 6.07) is 0.537. The maximum Gasteiger partial charge on any atom is 0.203 e. The van der Waals surface area contributed by atoms with Gasteiger partial charge in [-0.3, -0.25) is 0 Å². The van der Waals surface area contributed by atoms with Crippen LogP contribution >= 0.6 is 0 Å². The Morgan fingerprint density at radius 1 is 1.38 bits per heavy atom. The van der Waals surface area contributed by atoms with Crippen LogP contribution in [0.4, 0.5) is 5.95 Å². The van der Waals surface area contributed by atoms with Gasteiger partial charge in [0, 0.05) is 18.8 Å². The van der Waals surface area contributed by atoms with Gasteiger partial charge in [0.15, 0.2) is 0 Å². The van der Waals surface area contributed by atoms with Crippen LogP contribution in [-0.2, 0) is 0 Å². The highest BCUT2D eigenvalue weighted by Gasteiger charge is 2.10. The highest BCUT2D eigenvalue weighted by Crippen LogP contribution is 2.19. The van der Waals surface area contributed by atoms with Gasteiger partial charge in [0.2, 0.25) is 5.95 Å². The van der Waals surface area contributed by atoms with Gasteiger partial charge < -0.3 is 9.88 Å². The molecule has 1 unspecified atom stereocenters. The zero-order valence-corrected chi connectivity index (χ0v) is 11.1. The molecule has 0 bridgehead atoms. The minimum absolute atomic E-state index is 0.537. The second kappa shape index (κ2) is 6.56. The highest BCUT2D eigenvalue weighted by molar-refractivity contribution is 5.29. The van der Waals surface area contributed by atoms with Crippen molar-refractivity contribution in [3.63, 3.8) is 0 Å². The summed E-state index contributed by atoms with van der Waals surface area (Å²) in [5.41, 5.74) is 1.10. The molecule has 0 radical (unpaired) electrons. The maximum absolute atomic E-state index is 4.54. The Morgan fingerprint density at radius 2 is 2.12 bits per heavy atom. The standard InChI is InChI=1S/C13H25N3/c1-5-7-9-14-13-15-11(3)10-16(13)12(4)8-6-2/h10,12H,5-9H2,1-4H3,(H,14,15). The average molecular weight is 223 g/mol. The smallest absolute Gasteiger partial charge is 0.203 e. The van der Waals surface area contributed by atoms with Crippen LogP contribution in [0.1, 0.15) is 58.2 Å². The van der Waals surface area contributed by atoms with E-state index in [1.54, 1.807) is 0 Å². The number of aryl methyl sites for hydroxylation is 1. The molecule has 1 rings (SSSR count). The van der Waals surface area contributed by atoms with E-state index in [0.717, 1.165) is 18.2 Å². The summed E-state index contributed by atoms with van der Waals surface area (Å²) in [4.78, 5) is 4.54. The topological polar surface area (TPSA) is 29.9 Å². The zero-order valence-electron chi connectivity index (χ0n) is 11.1. The molecule has 0 aliphatic heterocycles. The van der Waals surface area contributed by atoms with Crippen LogP contribution in [-0.4, -0.2) is 16.1 Å². The third-order valence-electron chi connectivity index (χ3n) is 2.85. The summed E-state index contributed by atoms with van der Waals surface area (Å²) in [5.74, 6) is 1.03. The van der Waals surface area contributed by atoms with E-state index in [4.69, 9.17) is 0 Å². The number of aromatic nitrogens is 2. The second-order valence-corrected chi connectivity index (χ2v) is 4.53. The van der Waals surface area contributed by atoms with E-state index in [9.17, 15) is 0 Å². The van der Waals surface area contributed by atoms with Crippen molar-refractivity contribution in [3.8, 4) is 0 Å². The van der Waals surface area contributed by atoms with Crippen molar-refractivity contribution in [2.24, 2.45) is 0 Å². The van der Waals surface area contributed by atoms with Gasteiger partial charge in [-0.2, -0.15) is 0 Å². The van der Waals surface area contributed by atoms with Crippen LogP contribution in [0.3, 0.4) is 0 Å². The molecule has 92 valence electrons. The van der Waals surface area contributed by atoms with Crippen LogP contribution in [0.2, 0.25) is 0 Å². The lowest BCUT2D eigenvalue weighted by atomic mass is 10.2. The molecule has 0 saturated carbocycles. The Bertz CT molecular complexity index is 304. The van der Waals surface area contributed by atoms with Crippen LogP contribution < -0.4 is 5.32 Å². The Hall–Kier alpha value is -0.990. The van der Waals surface area contributed by atoms with Gasteiger partial charge in [0.05, 0.1) is 5.69 Å². The van der Waals surface area contributed by atoms with Gasteiger partial charge in [-0.25, -0.2) is 4.98 Å². The highest BCUT2D eigenvalue weighted by atomic mass is 15.2. The first kappa shape index (κ1) is 13.1. The molecule has 1 N–H and O–H groups in total. The van der Waals surface area contributed by atoms with Gasteiger partial charge in [-0.1, -0.05) is 26.7 Å². The van der Waals surface area contributed by atoms with Crippen LogP contribution in [0.15, 0.2) is 6.20 Å². The molecule has 16 heavy (non-hydrogen) atoms. The van der Waals surface area contributed by atoms with Crippen molar-refractivity contribution < 1.29 is 0 Å². The average Bonchev–Trinajstić information content (AvgIpc) is 2.61. The zero-order chi connectivity index (χ0) is 12.0. The van der Waals surface area contributed by atoms with Gasteiger partial charge >= 0.3 is 0 Å². The number of unbranched alkanes of at least 4 members (excludes halogenated alkanes) is 1. The summed E-state index contributed by atoms with van der Waals surface area (Å²) in [6.45, 7) is 9.77. The number of hydrogen-bond acceptors (Lipinski definition) is 2. The summed E-state index contributed by atoms with van der Waals surface area (Å²) >= 11 is 0. The van der Waals surface area contributed by atoms with E-state index < -0.39 is 0 Å². The monoisotopic (exact) mass is 223 g/mol. The molecular weight excluding hydrogens is 198 g/mol. The third kappa shape index (κ3) is 3.54. The minimum Gasteiger partial charge on any atom is -0.356 e. The van der Waals surface area contributed by atoms with Crippen LogP contribution in [0, 0.1) is 6.92 Å². The second-order valence-electron chi connectivity index (χ2n) is 4.53. The molecule has 0 spiro atoms.